The minimum absolute atomic E-state index is 0.246. The van der Waals surface area contributed by atoms with Crippen LogP contribution in [-0.4, -0.2) is 0 Å². The molecule has 0 heteroatoms. The molecule has 0 bridgehead atoms. The van der Waals surface area contributed by atoms with E-state index >= 15 is 0 Å². The van der Waals surface area contributed by atoms with E-state index in [0.29, 0.717) is 0 Å². The van der Waals surface area contributed by atoms with Gasteiger partial charge in [0.15, 0.2) is 0 Å². The predicted octanol–water partition coefficient (Wildman–Crippen LogP) is 7.50. The second kappa shape index (κ2) is 8.32. The van der Waals surface area contributed by atoms with Crippen molar-refractivity contribution in [3.63, 3.8) is 0 Å². The van der Waals surface area contributed by atoms with Gasteiger partial charge in [0.25, 0.3) is 0 Å². The van der Waals surface area contributed by atoms with E-state index in [2.05, 4.69) is 125 Å². The van der Waals surface area contributed by atoms with Gasteiger partial charge in [0.2, 0.25) is 0 Å². The van der Waals surface area contributed by atoms with Crippen molar-refractivity contribution in [2.24, 2.45) is 0 Å². The van der Waals surface area contributed by atoms with E-state index in [9.17, 15) is 0 Å². The summed E-state index contributed by atoms with van der Waals surface area (Å²) in [4.78, 5) is 0. The molecule has 0 aliphatic rings. The zero-order valence-electron chi connectivity index (χ0n) is 18.4. The Morgan fingerprint density at radius 3 is 0.967 bits per heavy atom. The lowest BCUT2D eigenvalue weighted by Gasteiger charge is -2.37. The Labute approximate surface area is 181 Å². The molecule has 0 atom stereocenters. The second-order valence-corrected chi connectivity index (χ2v) is 8.67. The summed E-state index contributed by atoms with van der Waals surface area (Å²) in [7, 11) is 0. The van der Waals surface area contributed by atoms with E-state index in [1.807, 2.05) is 0 Å². The molecule has 0 N–H and O–H groups in total. The molecular formula is C30H30. The maximum Gasteiger partial charge on any atom is 0.0491 e. The predicted molar refractivity (Wildman–Crippen MR) is 128 cm³/mol. The maximum atomic E-state index is 2.31. The van der Waals surface area contributed by atoms with Crippen molar-refractivity contribution in [2.75, 3.05) is 0 Å². The maximum absolute atomic E-state index is 2.31. The zero-order chi connectivity index (χ0) is 21.1. The van der Waals surface area contributed by atoms with Gasteiger partial charge in [-0.15, -0.1) is 0 Å². The van der Waals surface area contributed by atoms with Crippen LogP contribution >= 0.6 is 0 Å². The van der Waals surface area contributed by atoms with Crippen LogP contribution in [0.3, 0.4) is 0 Å². The molecule has 0 saturated heterocycles. The third kappa shape index (κ3) is 3.96. The molecule has 0 fully saturated rings. The topological polar surface area (TPSA) is 0 Å². The van der Waals surface area contributed by atoms with Crippen molar-refractivity contribution >= 4 is 0 Å². The van der Waals surface area contributed by atoms with Gasteiger partial charge in [-0.2, -0.15) is 0 Å². The fourth-order valence-electron chi connectivity index (χ4n) is 4.33. The highest BCUT2D eigenvalue weighted by molar-refractivity contribution is 5.53. The number of hydrogen-bond donors (Lipinski definition) is 0. The molecule has 4 rings (SSSR count). The van der Waals surface area contributed by atoms with E-state index in [1.54, 1.807) is 0 Å². The molecule has 0 nitrogen and oxygen atoms in total. The van der Waals surface area contributed by atoms with Crippen LogP contribution in [0.15, 0.2) is 97.1 Å². The summed E-state index contributed by atoms with van der Waals surface area (Å²) in [6.07, 6.45) is 0.919. The quantitative estimate of drug-likeness (QED) is 0.310. The summed E-state index contributed by atoms with van der Waals surface area (Å²) in [5.41, 5.74) is 10.3. The molecule has 0 spiro atoms. The van der Waals surface area contributed by atoms with Gasteiger partial charge in [-0.05, 0) is 56.4 Å². The summed E-state index contributed by atoms with van der Waals surface area (Å²) >= 11 is 0. The monoisotopic (exact) mass is 390 g/mol. The second-order valence-electron chi connectivity index (χ2n) is 8.67. The van der Waals surface area contributed by atoms with Gasteiger partial charge in [-0.1, -0.05) is 119 Å². The zero-order valence-corrected chi connectivity index (χ0v) is 18.4. The highest BCUT2D eigenvalue weighted by Crippen LogP contribution is 2.42. The van der Waals surface area contributed by atoms with Gasteiger partial charge in [-0.25, -0.2) is 0 Å². The van der Waals surface area contributed by atoms with Crippen LogP contribution in [0.2, 0.25) is 0 Å². The minimum Gasteiger partial charge on any atom is -0.0591 e. The molecule has 0 radical (unpaired) electrons. The molecule has 4 aromatic rings. The smallest absolute Gasteiger partial charge is 0.0491 e. The average molecular weight is 391 g/mol. The first-order valence-corrected chi connectivity index (χ1v) is 10.7. The molecule has 4 aromatic carbocycles. The Balaban J connectivity index is 2.00. The standard InChI is InChI=1S/C30H30/c1-22-5-13-26(14-6-22)21-30(27-15-7-23(2)8-16-27,28-17-9-24(3)10-18-28)29-19-11-25(4)12-20-29/h5-20H,21H2,1-4H3. The van der Waals surface area contributed by atoms with Crippen molar-refractivity contribution in [2.45, 2.75) is 39.5 Å². The summed E-state index contributed by atoms with van der Waals surface area (Å²) in [5.74, 6) is 0. The normalized spacial score (nSPS) is 11.5. The Bertz CT molecular complexity index is 986. The van der Waals surface area contributed by atoms with Gasteiger partial charge < -0.3 is 0 Å². The Morgan fingerprint density at radius 1 is 0.400 bits per heavy atom. The first kappa shape index (κ1) is 20.2. The molecule has 0 saturated carbocycles. The highest BCUT2D eigenvalue weighted by atomic mass is 14.4. The molecule has 30 heavy (non-hydrogen) atoms. The summed E-state index contributed by atoms with van der Waals surface area (Å²) in [6.45, 7) is 8.62. The van der Waals surface area contributed by atoms with Crippen LogP contribution in [0.4, 0.5) is 0 Å². The van der Waals surface area contributed by atoms with Crippen LogP contribution in [0.1, 0.15) is 44.5 Å². The lowest BCUT2D eigenvalue weighted by Crippen LogP contribution is -2.32. The van der Waals surface area contributed by atoms with Crippen molar-refractivity contribution in [1.29, 1.82) is 0 Å². The number of aryl methyl sites for hydroxylation is 4. The van der Waals surface area contributed by atoms with E-state index in [-0.39, 0.29) is 5.41 Å². The van der Waals surface area contributed by atoms with Crippen molar-refractivity contribution in [3.05, 3.63) is 142 Å². The van der Waals surface area contributed by atoms with E-state index in [1.165, 1.54) is 44.5 Å². The highest BCUT2D eigenvalue weighted by Gasteiger charge is 2.36. The van der Waals surface area contributed by atoms with Gasteiger partial charge in [0.05, 0.1) is 0 Å². The lowest BCUT2D eigenvalue weighted by molar-refractivity contribution is 0.612. The molecule has 0 unspecified atom stereocenters. The molecule has 0 heterocycles. The fraction of sp³-hybridized carbons (Fsp3) is 0.200. The van der Waals surface area contributed by atoms with Crippen LogP contribution in [0.5, 0.6) is 0 Å². The summed E-state index contributed by atoms with van der Waals surface area (Å²) in [5, 5.41) is 0. The van der Waals surface area contributed by atoms with Gasteiger partial charge >= 0.3 is 0 Å². The Morgan fingerprint density at radius 2 is 0.667 bits per heavy atom. The average Bonchev–Trinajstić information content (AvgIpc) is 2.75. The summed E-state index contributed by atoms with van der Waals surface area (Å²) < 4.78 is 0. The molecule has 0 aromatic heterocycles. The van der Waals surface area contributed by atoms with Crippen molar-refractivity contribution < 1.29 is 0 Å². The van der Waals surface area contributed by atoms with Crippen molar-refractivity contribution in [1.82, 2.24) is 0 Å². The van der Waals surface area contributed by atoms with Gasteiger partial charge in [-0.3, -0.25) is 0 Å². The van der Waals surface area contributed by atoms with E-state index in [0.717, 1.165) is 6.42 Å². The Kier molecular flexibility index (Phi) is 5.59. The molecule has 150 valence electrons. The molecule has 0 aliphatic heterocycles. The van der Waals surface area contributed by atoms with E-state index in [4.69, 9.17) is 0 Å². The van der Waals surface area contributed by atoms with Crippen LogP contribution in [0, 0.1) is 27.7 Å². The van der Waals surface area contributed by atoms with E-state index < -0.39 is 0 Å². The largest absolute Gasteiger partial charge is 0.0591 e. The minimum atomic E-state index is -0.246. The van der Waals surface area contributed by atoms with Gasteiger partial charge in [0.1, 0.15) is 0 Å². The number of rotatable bonds is 5. The first-order valence-electron chi connectivity index (χ1n) is 10.7. The molecule has 0 amide bonds. The third-order valence-electron chi connectivity index (χ3n) is 6.22. The van der Waals surface area contributed by atoms with Gasteiger partial charge in [0, 0.05) is 5.41 Å². The third-order valence-corrected chi connectivity index (χ3v) is 6.22. The lowest BCUT2D eigenvalue weighted by atomic mass is 9.66. The number of hydrogen-bond acceptors (Lipinski definition) is 0. The van der Waals surface area contributed by atoms with Crippen LogP contribution in [0.25, 0.3) is 0 Å². The fourth-order valence-corrected chi connectivity index (χ4v) is 4.33. The SMILES string of the molecule is Cc1ccc(CC(c2ccc(C)cc2)(c2ccc(C)cc2)c2ccc(C)cc2)cc1. The summed E-state index contributed by atoms with van der Waals surface area (Å²) in [6, 6.07) is 36.3. The van der Waals surface area contributed by atoms with Crippen LogP contribution < -0.4 is 0 Å². The number of benzene rings is 4. The van der Waals surface area contributed by atoms with Crippen LogP contribution in [-0.2, 0) is 11.8 Å². The molecule has 0 aliphatic carbocycles. The first-order chi connectivity index (χ1) is 14.5. The van der Waals surface area contributed by atoms with Crippen molar-refractivity contribution in [3.8, 4) is 0 Å². The molecular weight excluding hydrogens is 360 g/mol. The Hall–Kier alpha value is -3.12.